The lowest BCUT2D eigenvalue weighted by molar-refractivity contribution is -0.124. The number of thioether (sulfide) groups is 1. The highest BCUT2D eigenvalue weighted by Crippen LogP contribution is 2.32. The fourth-order valence-electron chi connectivity index (χ4n) is 4.37. The van der Waals surface area contributed by atoms with Gasteiger partial charge < -0.3 is 14.5 Å². The smallest absolute Gasteiger partial charge is 0.293 e. The van der Waals surface area contributed by atoms with E-state index in [4.69, 9.17) is 9.15 Å². The van der Waals surface area contributed by atoms with E-state index in [0.29, 0.717) is 10.7 Å². The Morgan fingerprint density at radius 1 is 1.18 bits per heavy atom. The lowest BCUT2D eigenvalue weighted by Gasteiger charge is -2.13. The highest BCUT2D eigenvalue weighted by Gasteiger charge is 2.34. The Labute approximate surface area is 201 Å². The maximum atomic E-state index is 12.7. The van der Waals surface area contributed by atoms with Gasteiger partial charge in [-0.25, -0.2) is 0 Å². The van der Waals surface area contributed by atoms with E-state index in [1.807, 2.05) is 12.1 Å². The van der Waals surface area contributed by atoms with Crippen LogP contribution in [0.15, 0.2) is 52.0 Å². The number of nitrogens with zero attached hydrogens (tertiary/aromatic N) is 1. The maximum absolute atomic E-state index is 12.7. The second kappa shape index (κ2) is 9.38. The molecule has 1 aliphatic heterocycles. The van der Waals surface area contributed by atoms with Crippen LogP contribution in [0.5, 0.6) is 5.75 Å². The number of amides is 3. The first-order valence-electron chi connectivity index (χ1n) is 11.2. The molecule has 3 amide bonds. The molecule has 2 heterocycles. The summed E-state index contributed by atoms with van der Waals surface area (Å²) in [6.07, 6.45) is 6.80. The molecule has 7 nitrogen and oxygen atoms in total. The first kappa shape index (κ1) is 22.3. The standard InChI is InChI=1S/C26H24N2O5S/c1-32-20-7-5-16(6-8-20)11-23-25(30)28(26(31)34-23)10-9-27-24(29)14-19-15-33-22-13-18-4-2-3-17(18)12-21(19)22/h5-8,11-13,15H,2-4,9-10,14H2,1H3,(H,27,29). The molecule has 0 spiro atoms. The van der Waals surface area contributed by atoms with Crippen molar-refractivity contribution in [1.29, 1.82) is 0 Å². The summed E-state index contributed by atoms with van der Waals surface area (Å²) in [7, 11) is 1.59. The molecule has 5 rings (SSSR count). The van der Waals surface area contributed by atoms with Crippen LogP contribution in [0.25, 0.3) is 17.0 Å². The molecule has 0 saturated carbocycles. The number of hydrogen-bond donors (Lipinski definition) is 1. The quantitative estimate of drug-likeness (QED) is 0.511. The van der Waals surface area contributed by atoms with Gasteiger partial charge in [-0.15, -0.1) is 0 Å². The summed E-state index contributed by atoms with van der Waals surface area (Å²) in [5.74, 6) is 0.187. The molecule has 1 N–H and O–H groups in total. The summed E-state index contributed by atoms with van der Waals surface area (Å²) in [6.45, 7) is 0.313. The largest absolute Gasteiger partial charge is 0.497 e. The zero-order valence-electron chi connectivity index (χ0n) is 18.8. The maximum Gasteiger partial charge on any atom is 0.293 e. The summed E-state index contributed by atoms with van der Waals surface area (Å²) in [5.41, 5.74) is 5.12. The van der Waals surface area contributed by atoms with E-state index in [0.717, 1.165) is 58.0 Å². The first-order valence-corrected chi connectivity index (χ1v) is 12.0. The van der Waals surface area contributed by atoms with Crippen LogP contribution in [-0.4, -0.2) is 42.2 Å². The van der Waals surface area contributed by atoms with Gasteiger partial charge in [-0.3, -0.25) is 19.3 Å². The molecule has 2 aliphatic rings. The second-order valence-corrected chi connectivity index (χ2v) is 9.36. The number of ether oxygens (including phenoxy) is 1. The van der Waals surface area contributed by atoms with E-state index in [1.165, 1.54) is 11.1 Å². The van der Waals surface area contributed by atoms with Crippen molar-refractivity contribution in [2.75, 3.05) is 20.2 Å². The van der Waals surface area contributed by atoms with E-state index in [-0.39, 0.29) is 36.6 Å². The monoisotopic (exact) mass is 476 g/mol. The zero-order valence-corrected chi connectivity index (χ0v) is 19.6. The third-order valence-corrected chi connectivity index (χ3v) is 7.07. The average molecular weight is 477 g/mol. The Morgan fingerprint density at radius 3 is 2.71 bits per heavy atom. The van der Waals surface area contributed by atoms with Gasteiger partial charge in [-0.1, -0.05) is 12.1 Å². The van der Waals surface area contributed by atoms with Crippen LogP contribution >= 0.6 is 11.8 Å². The second-order valence-electron chi connectivity index (χ2n) is 8.36. The normalized spacial score (nSPS) is 16.5. The van der Waals surface area contributed by atoms with Gasteiger partial charge in [-0.05, 0) is 78.1 Å². The first-order chi connectivity index (χ1) is 16.5. The van der Waals surface area contributed by atoms with Crippen molar-refractivity contribution in [3.05, 3.63) is 69.8 Å². The lowest BCUT2D eigenvalue weighted by atomic mass is 10.0. The number of aryl methyl sites for hydroxylation is 2. The van der Waals surface area contributed by atoms with Gasteiger partial charge in [0.15, 0.2) is 0 Å². The third kappa shape index (κ3) is 4.46. The molecule has 0 bridgehead atoms. The van der Waals surface area contributed by atoms with Gasteiger partial charge in [-0.2, -0.15) is 0 Å². The third-order valence-electron chi connectivity index (χ3n) is 6.16. The Hall–Kier alpha value is -3.52. The summed E-state index contributed by atoms with van der Waals surface area (Å²) in [4.78, 5) is 39.1. The van der Waals surface area contributed by atoms with Gasteiger partial charge in [0.25, 0.3) is 11.1 Å². The fraction of sp³-hybridized carbons (Fsp3) is 0.269. The number of rotatable bonds is 7. The van der Waals surface area contributed by atoms with Crippen molar-refractivity contribution < 1.29 is 23.5 Å². The minimum atomic E-state index is -0.352. The molecule has 3 aromatic rings. The molecule has 1 saturated heterocycles. The van der Waals surface area contributed by atoms with Crippen LogP contribution in [0.1, 0.15) is 28.7 Å². The number of benzene rings is 2. The molecule has 174 valence electrons. The van der Waals surface area contributed by atoms with Crippen LogP contribution < -0.4 is 10.1 Å². The summed E-state index contributed by atoms with van der Waals surface area (Å²) in [6, 6.07) is 11.4. The molecular formula is C26H24N2O5S. The number of furan rings is 1. The molecule has 0 radical (unpaired) electrons. The predicted octanol–water partition coefficient (Wildman–Crippen LogP) is 4.33. The highest BCUT2D eigenvalue weighted by molar-refractivity contribution is 8.18. The molecule has 2 aromatic carbocycles. The number of hydrogen-bond acceptors (Lipinski definition) is 6. The van der Waals surface area contributed by atoms with Crippen molar-refractivity contribution in [1.82, 2.24) is 10.2 Å². The molecule has 1 fully saturated rings. The highest BCUT2D eigenvalue weighted by atomic mass is 32.2. The summed E-state index contributed by atoms with van der Waals surface area (Å²) in [5, 5.41) is 3.45. The van der Waals surface area contributed by atoms with Crippen LogP contribution in [0.2, 0.25) is 0 Å². The van der Waals surface area contributed by atoms with Crippen molar-refractivity contribution in [2.24, 2.45) is 0 Å². The topological polar surface area (TPSA) is 88.8 Å². The van der Waals surface area contributed by atoms with E-state index in [9.17, 15) is 14.4 Å². The molecule has 0 atom stereocenters. The number of imide groups is 1. The van der Waals surface area contributed by atoms with Crippen LogP contribution in [0, 0.1) is 0 Å². The van der Waals surface area contributed by atoms with Crippen molar-refractivity contribution in [3.8, 4) is 5.75 Å². The SMILES string of the molecule is COc1ccc(C=C2SC(=O)N(CCNC(=O)Cc3coc4cc5c(cc34)CCC5)C2=O)cc1. The van der Waals surface area contributed by atoms with E-state index in [2.05, 4.69) is 17.4 Å². The van der Waals surface area contributed by atoms with Gasteiger partial charge in [0.2, 0.25) is 5.91 Å². The molecule has 0 unspecified atom stereocenters. The molecule has 1 aliphatic carbocycles. The molecular weight excluding hydrogens is 452 g/mol. The van der Waals surface area contributed by atoms with Crippen LogP contribution in [0.4, 0.5) is 4.79 Å². The molecule has 34 heavy (non-hydrogen) atoms. The van der Waals surface area contributed by atoms with E-state index in [1.54, 1.807) is 31.6 Å². The number of methoxy groups -OCH3 is 1. The molecule has 1 aromatic heterocycles. The predicted molar refractivity (Wildman–Crippen MR) is 131 cm³/mol. The fourth-order valence-corrected chi connectivity index (χ4v) is 5.24. The van der Waals surface area contributed by atoms with E-state index < -0.39 is 0 Å². The van der Waals surface area contributed by atoms with Gasteiger partial charge in [0.05, 0.1) is 24.7 Å². The molecule has 8 heteroatoms. The zero-order chi connectivity index (χ0) is 23.7. The Balaban J connectivity index is 1.17. The summed E-state index contributed by atoms with van der Waals surface area (Å²) >= 11 is 0.902. The van der Waals surface area contributed by atoms with Crippen molar-refractivity contribution in [3.63, 3.8) is 0 Å². The number of nitrogens with one attached hydrogen (secondary N) is 1. The number of carbonyl (C=O) groups excluding carboxylic acids is 3. The van der Waals surface area contributed by atoms with Gasteiger partial charge in [0.1, 0.15) is 11.3 Å². The van der Waals surface area contributed by atoms with Crippen molar-refractivity contribution in [2.45, 2.75) is 25.7 Å². The van der Waals surface area contributed by atoms with Crippen molar-refractivity contribution >= 4 is 45.9 Å². The van der Waals surface area contributed by atoms with E-state index >= 15 is 0 Å². The lowest BCUT2D eigenvalue weighted by Crippen LogP contribution is -2.37. The van der Waals surface area contributed by atoms with Gasteiger partial charge in [0, 0.05) is 24.0 Å². The van der Waals surface area contributed by atoms with Gasteiger partial charge >= 0.3 is 0 Å². The Morgan fingerprint density at radius 2 is 1.94 bits per heavy atom. The van der Waals surface area contributed by atoms with Crippen LogP contribution in [-0.2, 0) is 28.9 Å². The number of fused-ring (bicyclic) bond motifs is 2. The summed E-state index contributed by atoms with van der Waals surface area (Å²) < 4.78 is 10.8. The number of carbonyl (C=O) groups is 3. The Kier molecular flexibility index (Phi) is 6.15. The van der Waals surface area contributed by atoms with Crippen LogP contribution in [0.3, 0.4) is 0 Å². The Bertz CT molecular complexity index is 1310. The minimum Gasteiger partial charge on any atom is -0.497 e. The minimum absolute atomic E-state index is 0.121. The average Bonchev–Trinajstić information content (AvgIpc) is 3.52.